The Bertz CT molecular complexity index is 829. The SMILES string of the molecule is CCc1cc2c(s1)N(N1CCN(C)CC1)c1ccc([N+](=O)[O-])cc1NC2. The van der Waals surface area contributed by atoms with Crippen molar-refractivity contribution in [3.05, 3.63) is 44.8 Å². The molecule has 1 saturated heterocycles. The maximum absolute atomic E-state index is 11.2. The first-order valence-corrected chi connectivity index (χ1v) is 9.76. The summed E-state index contributed by atoms with van der Waals surface area (Å²) >= 11 is 1.82. The largest absolute Gasteiger partial charge is 0.379 e. The van der Waals surface area contributed by atoms with Gasteiger partial charge >= 0.3 is 0 Å². The van der Waals surface area contributed by atoms with Gasteiger partial charge < -0.3 is 10.2 Å². The van der Waals surface area contributed by atoms with Crippen molar-refractivity contribution in [1.29, 1.82) is 0 Å². The van der Waals surface area contributed by atoms with Gasteiger partial charge in [-0.15, -0.1) is 11.3 Å². The molecule has 2 aliphatic heterocycles. The van der Waals surface area contributed by atoms with E-state index in [2.05, 4.69) is 40.3 Å². The lowest BCUT2D eigenvalue weighted by atomic mass is 10.2. The number of rotatable bonds is 3. The number of nitro groups is 1. The Balaban J connectivity index is 1.80. The highest BCUT2D eigenvalue weighted by Crippen LogP contribution is 2.44. The molecule has 1 aromatic carbocycles. The number of anilines is 3. The van der Waals surface area contributed by atoms with Crippen LogP contribution in [0.4, 0.5) is 22.1 Å². The number of nitrogens with zero attached hydrogens (tertiary/aromatic N) is 4. The zero-order valence-electron chi connectivity index (χ0n) is 15.1. The number of hydrogen-bond donors (Lipinski definition) is 1. The molecule has 4 rings (SSSR count). The van der Waals surface area contributed by atoms with Crippen molar-refractivity contribution in [2.75, 3.05) is 43.6 Å². The summed E-state index contributed by atoms with van der Waals surface area (Å²) in [5, 5.41) is 20.5. The minimum Gasteiger partial charge on any atom is -0.379 e. The second-order valence-electron chi connectivity index (χ2n) is 6.78. The Labute approximate surface area is 156 Å². The van der Waals surface area contributed by atoms with Gasteiger partial charge in [0.25, 0.3) is 5.69 Å². The van der Waals surface area contributed by atoms with Crippen LogP contribution in [0.1, 0.15) is 17.4 Å². The highest BCUT2D eigenvalue weighted by atomic mass is 32.1. The molecule has 3 heterocycles. The van der Waals surface area contributed by atoms with Crippen LogP contribution < -0.4 is 10.3 Å². The first-order chi connectivity index (χ1) is 12.6. The molecule has 1 aromatic heterocycles. The monoisotopic (exact) mass is 373 g/mol. The van der Waals surface area contributed by atoms with Gasteiger partial charge in [-0.3, -0.25) is 15.1 Å². The maximum atomic E-state index is 11.2. The van der Waals surface area contributed by atoms with Gasteiger partial charge in [0.2, 0.25) is 0 Å². The molecule has 1 fully saturated rings. The van der Waals surface area contributed by atoms with E-state index in [0.29, 0.717) is 6.54 Å². The summed E-state index contributed by atoms with van der Waals surface area (Å²) in [6, 6.07) is 7.38. The predicted octanol–water partition coefficient (Wildman–Crippen LogP) is 3.44. The molecular formula is C18H23N5O2S. The van der Waals surface area contributed by atoms with E-state index in [1.165, 1.54) is 15.4 Å². The van der Waals surface area contributed by atoms with E-state index in [1.54, 1.807) is 12.1 Å². The van der Waals surface area contributed by atoms with Crippen molar-refractivity contribution < 1.29 is 4.92 Å². The molecule has 7 nitrogen and oxygen atoms in total. The van der Waals surface area contributed by atoms with Gasteiger partial charge in [-0.1, -0.05) is 6.92 Å². The van der Waals surface area contributed by atoms with Crippen molar-refractivity contribution in [1.82, 2.24) is 9.91 Å². The zero-order valence-corrected chi connectivity index (χ0v) is 15.9. The molecule has 2 aromatic rings. The molecule has 138 valence electrons. The van der Waals surface area contributed by atoms with E-state index >= 15 is 0 Å². The van der Waals surface area contributed by atoms with Crippen LogP contribution in [0.3, 0.4) is 0 Å². The number of non-ortho nitro benzene ring substituents is 1. The van der Waals surface area contributed by atoms with E-state index in [9.17, 15) is 10.1 Å². The Hall–Kier alpha value is -2.16. The molecule has 0 amide bonds. The van der Waals surface area contributed by atoms with Gasteiger partial charge in [0.15, 0.2) is 0 Å². The quantitative estimate of drug-likeness (QED) is 0.657. The van der Waals surface area contributed by atoms with Gasteiger partial charge in [-0.05, 0) is 25.6 Å². The fourth-order valence-corrected chi connectivity index (χ4v) is 4.65. The Morgan fingerprint density at radius 2 is 2.00 bits per heavy atom. The minimum absolute atomic E-state index is 0.120. The lowest BCUT2D eigenvalue weighted by Crippen LogP contribution is -2.51. The van der Waals surface area contributed by atoms with Crippen molar-refractivity contribution in [3.63, 3.8) is 0 Å². The summed E-state index contributed by atoms with van der Waals surface area (Å²) in [7, 11) is 2.14. The molecule has 26 heavy (non-hydrogen) atoms. The third kappa shape index (κ3) is 3.04. The fourth-order valence-electron chi connectivity index (χ4n) is 3.50. The number of likely N-dealkylation sites (N-methyl/N-ethyl adjacent to an activating group) is 1. The fraction of sp³-hybridized carbons (Fsp3) is 0.444. The van der Waals surface area contributed by atoms with Crippen molar-refractivity contribution in [2.45, 2.75) is 19.9 Å². The number of nitro benzene ring substituents is 1. The van der Waals surface area contributed by atoms with E-state index in [4.69, 9.17) is 0 Å². The maximum Gasteiger partial charge on any atom is 0.271 e. The van der Waals surface area contributed by atoms with E-state index in [1.807, 2.05) is 17.4 Å². The molecule has 0 spiro atoms. The Morgan fingerprint density at radius 3 is 2.69 bits per heavy atom. The number of hydrogen-bond acceptors (Lipinski definition) is 7. The molecule has 8 heteroatoms. The molecule has 1 N–H and O–H groups in total. The number of nitrogens with one attached hydrogen (secondary N) is 1. The van der Waals surface area contributed by atoms with Gasteiger partial charge in [0.05, 0.1) is 16.3 Å². The number of piperazine rings is 1. The first kappa shape index (κ1) is 17.3. The number of hydrazine groups is 1. The van der Waals surface area contributed by atoms with E-state index in [-0.39, 0.29) is 10.6 Å². The number of thiophene rings is 1. The molecule has 0 unspecified atom stereocenters. The van der Waals surface area contributed by atoms with Crippen LogP contribution in [-0.2, 0) is 13.0 Å². The van der Waals surface area contributed by atoms with Crippen molar-refractivity contribution in [2.24, 2.45) is 0 Å². The van der Waals surface area contributed by atoms with Gasteiger partial charge in [0.1, 0.15) is 5.00 Å². The average Bonchev–Trinajstić information content (AvgIpc) is 2.99. The van der Waals surface area contributed by atoms with E-state index < -0.39 is 0 Å². The molecule has 0 aliphatic carbocycles. The number of benzene rings is 1. The summed E-state index contributed by atoms with van der Waals surface area (Å²) in [6.07, 6.45) is 1.02. The van der Waals surface area contributed by atoms with Crippen LogP contribution in [0.15, 0.2) is 24.3 Å². The van der Waals surface area contributed by atoms with Gasteiger partial charge in [-0.25, -0.2) is 5.01 Å². The van der Waals surface area contributed by atoms with Gasteiger partial charge in [-0.2, -0.15) is 0 Å². The lowest BCUT2D eigenvalue weighted by molar-refractivity contribution is -0.384. The lowest BCUT2D eigenvalue weighted by Gasteiger charge is -2.40. The van der Waals surface area contributed by atoms with Crippen LogP contribution in [0.25, 0.3) is 0 Å². The predicted molar refractivity (Wildman–Crippen MR) is 105 cm³/mol. The normalized spacial score (nSPS) is 18.0. The molecule has 0 radical (unpaired) electrons. The van der Waals surface area contributed by atoms with Crippen LogP contribution in [0.2, 0.25) is 0 Å². The first-order valence-electron chi connectivity index (χ1n) is 8.94. The topological polar surface area (TPSA) is 64.9 Å². The van der Waals surface area contributed by atoms with E-state index in [0.717, 1.165) is 44.0 Å². The average molecular weight is 373 g/mol. The standard InChI is InChI=1S/C18H23N5O2S/c1-3-15-10-13-12-19-16-11-14(23(24)25)4-5-17(16)22(18(13)26-15)21-8-6-20(2)7-9-21/h4-5,10-11,19H,3,6-9,12H2,1-2H3. The van der Waals surface area contributed by atoms with Crippen molar-refractivity contribution >= 4 is 33.4 Å². The summed E-state index contributed by atoms with van der Waals surface area (Å²) in [5.74, 6) is 0. The van der Waals surface area contributed by atoms with Crippen LogP contribution in [-0.4, -0.2) is 48.1 Å². The minimum atomic E-state index is -0.335. The highest BCUT2D eigenvalue weighted by Gasteiger charge is 2.30. The molecule has 0 saturated carbocycles. The van der Waals surface area contributed by atoms with Crippen molar-refractivity contribution in [3.8, 4) is 0 Å². The second kappa shape index (κ2) is 6.86. The molecular weight excluding hydrogens is 350 g/mol. The number of fused-ring (bicyclic) bond motifs is 2. The number of aryl methyl sites for hydroxylation is 1. The molecule has 0 atom stereocenters. The Kier molecular flexibility index (Phi) is 4.56. The summed E-state index contributed by atoms with van der Waals surface area (Å²) < 4.78 is 0. The molecule has 2 aliphatic rings. The summed E-state index contributed by atoms with van der Waals surface area (Å²) in [4.78, 5) is 14.6. The smallest absolute Gasteiger partial charge is 0.271 e. The third-order valence-electron chi connectivity index (χ3n) is 5.03. The van der Waals surface area contributed by atoms with Crippen LogP contribution in [0, 0.1) is 10.1 Å². The van der Waals surface area contributed by atoms with Crippen LogP contribution >= 0.6 is 11.3 Å². The third-order valence-corrected chi connectivity index (χ3v) is 6.33. The van der Waals surface area contributed by atoms with Gasteiger partial charge in [0, 0.05) is 55.3 Å². The Morgan fingerprint density at radius 1 is 1.23 bits per heavy atom. The summed E-state index contributed by atoms with van der Waals surface area (Å²) in [5.41, 5.74) is 3.18. The highest BCUT2D eigenvalue weighted by molar-refractivity contribution is 7.16. The second-order valence-corrected chi connectivity index (χ2v) is 7.89. The van der Waals surface area contributed by atoms with Crippen LogP contribution in [0.5, 0.6) is 0 Å². The zero-order chi connectivity index (χ0) is 18.3. The molecule has 0 bridgehead atoms. The summed E-state index contributed by atoms with van der Waals surface area (Å²) in [6.45, 7) is 6.75.